The fourth-order valence-electron chi connectivity index (χ4n) is 3.40. The molecule has 0 saturated heterocycles. The molecule has 25 heavy (non-hydrogen) atoms. The third kappa shape index (κ3) is 2.99. The summed E-state index contributed by atoms with van der Waals surface area (Å²) < 4.78 is 2.27. The lowest BCUT2D eigenvalue weighted by Crippen LogP contribution is -2.08. The van der Waals surface area contributed by atoms with Crippen LogP contribution in [0.15, 0.2) is 53.5 Å². The van der Waals surface area contributed by atoms with E-state index in [0.717, 1.165) is 22.5 Å². The van der Waals surface area contributed by atoms with Crippen LogP contribution in [0.25, 0.3) is 5.69 Å². The molecular weight excluding hydrogens is 375 g/mol. The first kappa shape index (κ1) is 18.1. The lowest BCUT2D eigenvalue weighted by molar-refractivity contribution is 0.891. The van der Waals surface area contributed by atoms with Crippen molar-refractivity contribution in [2.45, 2.75) is 20.4 Å². The summed E-state index contributed by atoms with van der Waals surface area (Å²) in [4.78, 5) is 4.90. The molecule has 0 spiro atoms. The number of aliphatic imine (C=N–C) groups is 1. The summed E-state index contributed by atoms with van der Waals surface area (Å²) in [6, 6.07) is 16.0. The average Bonchev–Trinajstić information content (AvgIpc) is 2.74. The summed E-state index contributed by atoms with van der Waals surface area (Å²) in [7, 11) is 0. The molecule has 3 aromatic rings. The second-order valence-corrected chi connectivity index (χ2v) is 6.90. The molecule has 0 amide bonds. The highest BCUT2D eigenvalue weighted by molar-refractivity contribution is 6.36. The number of hydrogen-bond acceptors (Lipinski definition) is 1. The van der Waals surface area contributed by atoms with Crippen LogP contribution in [-0.4, -0.2) is 10.3 Å². The van der Waals surface area contributed by atoms with Crippen molar-refractivity contribution in [1.29, 1.82) is 0 Å². The third-order valence-corrected chi connectivity index (χ3v) is 5.04. The molecular formula is C20H17Cl3N2. The van der Waals surface area contributed by atoms with Gasteiger partial charge >= 0.3 is 0 Å². The SMILES string of the molecule is Cc1cc(C)n2c1CN=C(c1ccccc1Cl)c1cc(Cl)ccc1-2.Cl. The van der Waals surface area contributed by atoms with Crippen LogP contribution in [0.5, 0.6) is 0 Å². The van der Waals surface area contributed by atoms with Crippen molar-refractivity contribution in [3.63, 3.8) is 0 Å². The maximum absolute atomic E-state index is 6.44. The average molecular weight is 392 g/mol. The van der Waals surface area contributed by atoms with E-state index in [0.29, 0.717) is 16.6 Å². The van der Waals surface area contributed by atoms with Crippen LogP contribution in [0, 0.1) is 13.8 Å². The molecule has 1 aliphatic heterocycles. The van der Waals surface area contributed by atoms with Gasteiger partial charge in [-0.2, -0.15) is 0 Å². The molecule has 128 valence electrons. The molecule has 1 aromatic heterocycles. The van der Waals surface area contributed by atoms with Crippen molar-refractivity contribution in [2.75, 3.05) is 0 Å². The van der Waals surface area contributed by atoms with E-state index >= 15 is 0 Å². The van der Waals surface area contributed by atoms with Gasteiger partial charge in [0.05, 0.1) is 17.9 Å². The highest BCUT2D eigenvalue weighted by atomic mass is 35.5. The third-order valence-electron chi connectivity index (χ3n) is 4.47. The highest BCUT2D eigenvalue weighted by Crippen LogP contribution is 2.32. The minimum absolute atomic E-state index is 0. The van der Waals surface area contributed by atoms with Crippen LogP contribution < -0.4 is 0 Å². The van der Waals surface area contributed by atoms with Crippen LogP contribution >= 0.6 is 35.6 Å². The van der Waals surface area contributed by atoms with Crippen LogP contribution in [0.2, 0.25) is 10.0 Å². The topological polar surface area (TPSA) is 17.3 Å². The Kier molecular flexibility index (Phi) is 4.97. The molecule has 1 aliphatic rings. The van der Waals surface area contributed by atoms with E-state index in [4.69, 9.17) is 28.2 Å². The zero-order valence-electron chi connectivity index (χ0n) is 13.9. The fraction of sp³-hybridized carbons (Fsp3) is 0.150. The second kappa shape index (κ2) is 6.87. The van der Waals surface area contributed by atoms with Gasteiger partial charge in [0.25, 0.3) is 0 Å². The van der Waals surface area contributed by atoms with Crippen molar-refractivity contribution in [3.05, 3.63) is 86.7 Å². The normalized spacial score (nSPS) is 12.6. The number of aryl methyl sites for hydroxylation is 2. The molecule has 0 atom stereocenters. The Labute approximate surface area is 163 Å². The Morgan fingerprint density at radius 1 is 0.960 bits per heavy atom. The number of rotatable bonds is 1. The van der Waals surface area contributed by atoms with E-state index in [-0.39, 0.29) is 12.4 Å². The second-order valence-electron chi connectivity index (χ2n) is 6.06. The molecule has 0 fully saturated rings. The van der Waals surface area contributed by atoms with Gasteiger partial charge in [-0.1, -0.05) is 41.4 Å². The largest absolute Gasteiger partial charge is 0.315 e. The minimum atomic E-state index is 0. The summed E-state index contributed by atoms with van der Waals surface area (Å²) in [5.41, 5.74) is 7.57. The highest BCUT2D eigenvalue weighted by Gasteiger charge is 2.22. The first-order chi connectivity index (χ1) is 11.6. The zero-order valence-corrected chi connectivity index (χ0v) is 16.2. The monoisotopic (exact) mass is 390 g/mol. The Balaban J connectivity index is 0.00000182. The molecule has 0 unspecified atom stereocenters. The number of aromatic nitrogens is 1. The summed E-state index contributed by atoms with van der Waals surface area (Å²) >= 11 is 12.7. The van der Waals surface area contributed by atoms with E-state index in [2.05, 4.69) is 30.5 Å². The zero-order chi connectivity index (χ0) is 16.8. The quantitative estimate of drug-likeness (QED) is 0.472. The fourth-order valence-corrected chi connectivity index (χ4v) is 3.79. The Morgan fingerprint density at radius 3 is 2.48 bits per heavy atom. The summed E-state index contributed by atoms with van der Waals surface area (Å²) in [5, 5.41) is 1.39. The molecule has 0 N–H and O–H groups in total. The van der Waals surface area contributed by atoms with Crippen LogP contribution in [-0.2, 0) is 6.54 Å². The number of hydrogen-bond donors (Lipinski definition) is 0. The van der Waals surface area contributed by atoms with Gasteiger partial charge in [-0.15, -0.1) is 12.4 Å². The van der Waals surface area contributed by atoms with Crippen LogP contribution in [0.3, 0.4) is 0 Å². The first-order valence-electron chi connectivity index (χ1n) is 7.83. The van der Waals surface area contributed by atoms with Crippen molar-refractivity contribution < 1.29 is 0 Å². The van der Waals surface area contributed by atoms with Gasteiger partial charge in [0.2, 0.25) is 0 Å². The molecule has 2 aromatic carbocycles. The molecule has 2 heterocycles. The predicted octanol–water partition coefficient (Wildman–Crippen LogP) is 6.17. The number of halogens is 3. The maximum atomic E-state index is 6.44. The Morgan fingerprint density at radius 2 is 1.72 bits per heavy atom. The minimum Gasteiger partial charge on any atom is -0.315 e. The predicted molar refractivity (Wildman–Crippen MR) is 108 cm³/mol. The van der Waals surface area contributed by atoms with Crippen molar-refractivity contribution in [1.82, 2.24) is 4.57 Å². The van der Waals surface area contributed by atoms with Gasteiger partial charge in [-0.3, -0.25) is 4.99 Å². The summed E-state index contributed by atoms with van der Waals surface area (Å²) in [6.45, 7) is 4.87. The molecule has 0 radical (unpaired) electrons. The van der Waals surface area contributed by atoms with E-state index < -0.39 is 0 Å². The Bertz CT molecular complexity index is 987. The Hall–Kier alpha value is -1.74. The van der Waals surface area contributed by atoms with E-state index in [9.17, 15) is 0 Å². The van der Waals surface area contributed by atoms with Gasteiger partial charge in [-0.05, 0) is 49.7 Å². The molecule has 0 aliphatic carbocycles. The van der Waals surface area contributed by atoms with Crippen molar-refractivity contribution in [2.24, 2.45) is 4.99 Å². The lowest BCUT2D eigenvalue weighted by Gasteiger charge is -2.15. The van der Waals surface area contributed by atoms with Gasteiger partial charge in [0.15, 0.2) is 0 Å². The van der Waals surface area contributed by atoms with Crippen molar-refractivity contribution in [3.8, 4) is 5.69 Å². The smallest absolute Gasteiger partial charge is 0.0805 e. The molecule has 0 bridgehead atoms. The maximum Gasteiger partial charge on any atom is 0.0805 e. The van der Waals surface area contributed by atoms with E-state index in [1.54, 1.807) is 0 Å². The number of fused-ring (bicyclic) bond motifs is 3. The van der Waals surface area contributed by atoms with Gasteiger partial charge in [-0.25, -0.2) is 0 Å². The molecule has 0 saturated carbocycles. The molecule has 5 heteroatoms. The van der Waals surface area contributed by atoms with Crippen molar-refractivity contribution >= 4 is 41.3 Å². The van der Waals surface area contributed by atoms with Crippen LogP contribution in [0.1, 0.15) is 28.1 Å². The van der Waals surface area contributed by atoms with E-state index in [1.807, 2.05) is 36.4 Å². The van der Waals surface area contributed by atoms with Gasteiger partial charge in [0, 0.05) is 32.6 Å². The first-order valence-corrected chi connectivity index (χ1v) is 8.59. The standard InChI is InChI=1S/C20H16Cl2N2.ClH/c1-12-9-13(2)24-18-8-7-14(21)10-16(18)20(23-11-19(12)24)15-5-3-4-6-17(15)22;/h3-10H,11H2,1-2H3;1H. The lowest BCUT2D eigenvalue weighted by atomic mass is 10.0. The number of benzene rings is 2. The molecule has 2 nitrogen and oxygen atoms in total. The van der Waals surface area contributed by atoms with Gasteiger partial charge < -0.3 is 4.57 Å². The summed E-state index contributed by atoms with van der Waals surface area (Å²) in [6.07, 6.45) is 0. The molecule has 4 rings (SSSR count). The van der Waals surface area contributed by atoms with Crippen LogP contribution in [0.4, 0.5) is 0 Å². The van der Waals surface area contributed by atoms with Gasteiger partial charge in [0.1, 0.15) is 0 Å². The number of nitrogens with zero attached hydrogens (tertiary/aromatic N) is 2. The van der Waals surface area contributed by atoms with E-state index in [1.165, 1.54) is 17.0 Å². The summed E-state index contributed by atoms with van der Waals surface area (Å²) in [5.74, 6) is 0.